The number of aryl methyl sites for hydroxylation is 1. The van der Waals surface area contributed by atoms with E-state index in [2.05, 4.69) is 15.8 Å². The molecule has 0 aliphatic carbocycles. The molecule has 1 saturated heterocycles. The molecule has 0 bridgehead atoms. The Kier molecular flexibility index (Phi) is 10.7. The summed E-state index contributed by atoms with van der Waals surface area (Å²) in [5, 5.41) is 6.84. The highest BCUT2D eigenvalue weighted by Gasteiger charge is 2.52. The van der Waals surface area contributed by atoms with Gasteiger partial charge in [-0.3, -0.25) is 24.6 Å². The van der Waals surface area contributed by atoms with E-state index in [-0.39, 0.29) is 11.7 Å². The Morgan fingerprint density at radius 1 is 0.917 bits per heavy atom. The second-order valence-electron chi connectivity index (χ2n) is 7.87. The van der Waals surface area contributed by atoms with Gasteiger partial charge in [0.05, 0.1) is 6.21 Å². The summed E-state index contributed by atoms with van der Waals surface area (Å²) in [5.41, 5.74) is 4.54. The van der Waals surface area contributed by atoms with Gasteiger partial charge in [0, 0.05) is 27.7 Å². The highest BCUT2D eigenvalue weighted by Crippen LogP contribution is 2.28. The summed E-state index contributed by atoms with van der Waals surface area (Å²) in [6, 6.07) is 7.60. The Hall–Kier alpha value is -3.58. The number of hydrazone groups is 1. The first-order valence-electron chi connectivity index (χ1n) is 10.9. The SMILES string of the molecule is CC(=O)OC[C@H]1O[C@@H](NC(=S)N/N=C/c2ccc(C)cc2)[C@H](OC(C)=O)[C@@H](OC(C)=O)[C@H]1OC(C)=O. The third kappa shape index (κ3) is 9.23. The zero-order valence-corrected chi connectivity index (χ0v) is 21.3. The number of carbonyl (C=O) groups excluding carboxylic acids is 4. The predicted molar refractivity (Wildman–Crippen MR) is 130 cm³/mol. The van der Waals surface area contributed by atoms with E-state index in [1.807, 2.05) is 31.2 Å². The summed E-state index contributed by atoms with van der Waals surface area (Å²) in [4.78, 5) is 46.9. The summed E-state index contributed by atoms with van der Waals surface area (Å²) < 4.78 is 27.0. The molecule has 2 rings (SSSR count). The molecule has 0 amide bonds. The van der Waals surface area contributed by atoms with Crippen LogP contribution in [-0.4, -0.2) is 72.5 Å². The zero-order chi connectivity index (χ0) is 26.8. The minimum Gasteiger partial charge on any atom is -0.463 e. The molecule has 0 radical (unpaired) electrons. The molecular weight excluding hydrogens is 494 g/mol. The summed E-state index contributed by atoms with van der Waals surface area (Å²) in [7, 11) is 0. The zero-order valence-electron chi connectivity index (χ0n) is 20.5. The highest BCUT2D eigenvalue weighted by atomic mass is 32.1. The van der Waals surface area contributed by atoms with Crippen LogP contribution in [0.3, 0.4) is 0 Å². The van der Waals surface area contributed by atoms with Crippen LogP contribution < -0.4 is 10.7 Å². The number of rotatable bonds is 8. The lowest BCUT2D eigenvalue weighted by Gasteiger charge is -2.44. The molecule has 1 aromatic carbocycles. The van der Waals surface area contributed by atoms with Crippen LogP contribution >= 0.6 is 12.2 Å². The minimum absolute atomic E-state index is 0.0146. The fourth-order valence-corrected chi connectivity index (χ4v) is 3.49. The molecule has 2 N–H and O–H groups in total. The van der Waals surface area contributed by atoms with E-state index in [0.717, 1.165) is 31.9 Å². The van der Waals surface area contributed by atoms with Gasteiger partial charge < -0.3 is 29.0 Å². The van der Waals surface area contributed by atoms with Crippen molar-refractivity contribution in [2.45, 2.75) is 65.3 Å². The van der Waals surface area contributed by atoms with Crippen molar-refractivity contribution in [3.8, 4) is 0 Å². The summed E-state index contributed by atoms with van der Waals surface area (Å²) >= 11 is 5.27. The van der Waals surface area contributed by atoms with E-state index in [9.17, 15) is 19.2 Å². The van der Waals surface area contributed by atoms with Crippen LogP contribution in [-0.2, 0) is 42.9 Å². The maximum Gasteiger partial charge on any atom is 0.303 e. The minimum atomic E-state index is -1.30. The number of esters is 4. The Balaban J connectivity index is 2.27. The summed E-state index contributed by atoms with van der Waals surface area (Å²) in [6.07, 6.45) is -4.59. The van der Waals surface area contributed by atoms with E-state index >= 15 is 0 Å². The molecule has 0 spiro atoms. The van der Waals surface area contributed by atoms with Crippen molar-refractivity contribution in [2.75, 3.05) is 6.61 Å². The molecule has 0 unspecified atom stereocenters. The van der Waals surface area contributed by atoms with Gasteiger partial charge in [0.1, 0.15) is 12.7 Å². The first kappa shape index (κ1) is 28.7. The van der Waals surface area contributed by atoms with Crippen molar-refractivity contribution in [1.29, 1.82) is 0 Å². The van der Waals surface area contributed by atoms with E-state index < -0.39 is 54.5 Å². The van der Waals surface area contributed by atoms with Gasteiger partial charge in [0.25, 0.3) is 0 Å². The average molecular weight is 524 g/mol. The smallest absolute Gasteiger partial charge is 0.303 e. The maximum atomic E-state index is 11.9. The molecular formula is C23H29N3O9S. The number of benzene rings is 1. The number of nitrogens with one attached hydrogen (secondary N) is 2. The van der Waals surface area contributed by atoms with E-state index in [1.54, 1.807) is 6.21 Å². The third-order valence-electron chi connectivity index (χ3n) is 4.72. The Bertz CT molecular complexity index is 999. The van der Waals surface area contributed by atoms with E-state index in [4.69, 9.17) is 35.9 Å². The number of ether oxygens (including phenoxy) is 5. The van der Waals surface area contributed by atoms with E-state index in [1.165, 1.54) is 6.92 Å². The molecule has 1 fully saturated rings. The predicted octanol–water partition coefficient (Wildman–Crippen LogP) is 0.876. The molecule has 1 heterocycles. The largest absolute Gasteiger partial charge is 0.463 e. The quantitative estimate of drug-likeness (QED) is 0.164. The van der Waals surface area contributed by atoms with Gasteiger partial charge in [-0.1, -0.05) is 29.8 Å². The summed E-state index contributed by atoms with van der Waals surface area (Å²) in [5.74, 6) is -2.78. The fraction of sp³-hybridized carbons (Fsp3) is 0.478. The monoisotopic (exact) mass is 523 g/mol. The van der Waals surface area contributed by atoms with Crippen LogP contribution in [0.1, 0.15) is 38.8 Å². The second-order valence-corrected chi connectivity index (χ2v) is 8.28. The third-order valence-corrected chi connectivity index (χ3v) is 4.93. The normalized spacial score (nSPS) is 23.3. The highest BCUT2D eigenvalue weighted by molar-refractivity contribution is 7.80. The van der Waals surface area contributed by atoms with Crippen LogP contribution in [0, 0.1) is 6.92 Å². The van der Waals surface area contributed by atoms with Crippen molar-refractivity contribution < 1.29 is 42.9 Å². The van der Waals surface area contributed by atoms with Gasteiger partial charge in [0.2, 0.25) is 0 Å². The van der Waals surface area contributed by atoms with E-state index in [0.29, 0.717) is 0 Å². The Morgan fingerprint density at radius 3 is 2.03 bits per heavy atom. The van der Waals surface area contributed by atoms with Gasteiger partial charge in [-0.25, -0.2) is 0 Å². The van der Waals surface area contributed by atoms with Crippen molar-refractivity contribution in [1.82, 2.24) is 10.7 Å². The molecule has 5 atom stereocenters. The molecule has 1 aliphatic rings. The molecule has 1 aliphatic heterocycles. The van der Waals surface area contributed by atoms with Crippen molar-refractivity contribution in [3.63, 3.8) is 0 Å². The molecule has 0 saturated carbocycles. The number of thiocarbonyl (C=S) groups is 1. The number of hydrogen-bond donors (Lipinski definition) is 2. The first-order chi connectivity index (χ1) is 17.0. The van der Waals surface area contributed by atoms with Gasteiger partial charge in [0.15, 0.2) is 29.7 Å². The molecule has 196 valence electrons. The number of carbonyl (C=O) groups is 4. The van der Waals surface area contributed by atoms with Crippen LogP contribution in [0.15, 0.2) is 29.4 Å². The van der Waals surface area contributed by atoms with Crippen molar-refractivity contribution in [2.24, 2.45) is 5.10 Å². The average Bonchev–Trinajstić information content (AvgIpc) is 2.77. The van der Waals surface area contributed by atoms with Gasteiger partial charge >= 0.3 is 23.9 Å². The molecule has 1 aromatic rings. The lowest BCUT2D eigenvalue weighted by atomic mass is 9.97. The molecule has 12 nitrogen and oxygen atoms in total. The first-order valence-corrected chi connectivity index (χ1v) is 11.3. The van der Waals surface area contributed by atoms with Gasteiger partial charge in [-0.05, 0) is 24.7 Å². The molecule has 0 aromatic heterocycles. The lowest BCUT2D eigenvalue weighted by molar-refractivity contribution is -0.254. The second kappa shape index (κ2) is 13.5. The molecule has 36 heavy (non-hydrogen) atoms. The van der Waals surface area contributed by atoms with Crippen molar-refractivity contribution >= 4 is 47.4 Å². The summed E-state index contributed by atoms with van der Waals surface area (Å²) in [6.45, 7) is 6.24. The van der Waals surface area contributed by atoms with Gasteiger partial charge in [-0.2, -0.15) is 5.10 Å². The Morgan fingerprint density at radius 2 is 1.47 bits per heavy atom. The Labute approximate surface area is 213 Å². The van der Waals surface area contributed by atoms with Crippen molar-refractivity contribution in [3.05, 3.63) is 35.4 Å². The lowest BCUT2D eigenvalue weighted by Crippen LogP contribution is -2.66. The topological polar surface area (TPSA) is 151 Å². The van der Waals surface area contributed by atoms with Crippen LogP contribution in [0.25, 0.3) is 0 Å². The maximum absolute atomic E-state index is 11.9. The number of hydrogen-bond acceptors (Lipinski definition) is 11. The molecule has 13 heteroatoms. The van der Waals surface area contributed by atoms with Crippen LogP contribution in [0.4, 0.5) is 0 Å². The van der Waals surface area contributed by atoms with Crippen LogP contribution in [0.5, 0.6) is 0 Å². The standard InChI is InChI=1S/C23H29N3O9S/c1-12-6-8-17(9-7-12)10-24-26-23(36)25-22-21(34-16(5)30)20(33-15(4)29)19(32-14(3)28)18(35-22)11-31-13(2)27/h6-10,18-22H,11H2,1-5H3,(H2,25,26,36)/b24-10+/t18-,19+,20+,21-,22-/m1/s1. The van der Waals surface area contributed by atoms with Crippen LogP contribution in [0.2, 0.25) is 0 Å². The number of nitrogens with zero attached hydrogens (tertiary/aromatic N) is 1. The van der Waals surface area contributed by atoms with Gasteiger partial charge in [-0.15, -0.1) is 0 Å². The fourth-order valence-electron chi connectivity index (χ4n) is 3.32.